The largest absolute Gasteiger partial charge is 0.412 e. The molecular weight excluding hydrogens is 152 g/mol. The van der Waals surface area contributed by atoms with Crippen LogP contribution in [0.2, 0.25) is 0 Å². The van der Waals surface area contributed by atoms with E-state index < -0.39 is 0 Å². The Balaban J connectivity index is 0. The molecular formula is H8O4Sr. The van der Waals surface area contributed by atoms with E-state index in [4.69, 9.17) is 0 Å². The maximum Gasteiger partial charge on any atom is 0 e. The van der Waals surface area contributed by atoms with Crippen LogP contribution in [0.15, 0.2) is 0 Å². The fourth-order valence-electron chi connectivity index (χ4n) is 0. The van der Waals surface area contributed by atoms with Crippen molar-refractivity contribution in [1.29, 1.82) is 0 Å². The molecule has 0 saturated carbocycles. The van der Waals surface area contributed by atoms with Crippen molar-refractivity contribution < 1.29 is 21.9 Å². The average molecular weight is 160 g/mol. The molecule has 0 unspecified atom stereocenters. The van der Waals surface area contributed by atoms with Crippen LogP contribution in [-0.2, 0) is 0 Å². The van der Waals surface area contributed by atoms with Gasteiger partial charge in [-0.2, -0.15) is 0 Å². The van der Waals surface area contributed by atoms with Gasteiger partial charge < -0.3 is 21.9 Å². The summed E-state index contributed by atoms with van der Waals surface area (Å²) in [6.07, 6.45) is 0. The van der Waals surface area contributed by atoms with Gasteiger partial charge in [0.2, 0.25) is 0 Å². The molecule has 0 rings (SSSR count). The molecule has 0 heterocycles. The van der Waals surface area contributed by atoms with Gasteiger partial charge in [-0.25, -0.2) is 0 Å². The Kier molecular flexibility index (Phi) is 1170. The molecule has 0 saturated heterocycles. The van der Waals surface area contributed by atoms with Crippen LogP contribution in [0.4, 0.5) is 0 Å². The third-order valence-corrected chi connectivity index (χ3v) is 0. The van der Waals surface area contributed by atoms with E-state index in [9.17, 15) is 0 Å². The summed E-state index contributed by atoms with van der Waals surface area (Å²) in [7, 11) is 0. The van der Waals surface area contributed by atoms with Gasteiger partial charge in [-0.1, -0.05) is 0 Å². The predicted octanol–water partition coefficient (Wildman–Crippen LogP) is -3.68. The van der Waals surface area contributed by atoms with Gasteiger partial charge in [0.1, 0.15) is 0 Å². The first-order valence-corrected chi connectivity index (χ1v) is 0. The summed E-state index contributed by atoms with van der Waals surface area (Å²) in [6.45, 7) is 0. The molecule has 0 aromatic rings. The molecule has 0 amide bonds. The first kappa shape index (κ1) is 103. The number of hydrogen-bond acceptors (Lipinski definition) is 0. The normalized spacial score (nSPS) is 0. The van der Waals surface area contributed by atoms with E-state index in [1.54, 1.807) is 0 Å². The second kappa shape index (κ2) is 57.0. The third kappa shape index (κ3) is 33.6. The Labute approximate surface area is 66.7 Å². The van der Waals surface area contributed by atoms with Crippen LogP contribution in [0.1, 0.15) is 0 Å². The molecule has 4 nitrogen and oxygen atoms in total. The van der Waals surface area contributed by atoms with Crippen LogP contribution in [0.3, 0.4) is 0 Å². The van der Waals surface area contributed by atoms with E-state index in [-0.39, 0.29) is 67.4 Å². The van der Waals surface area contributed by atoms with E-state index in [0.29, 0.717) is 0 Å². The van der Waals surface area contributed by atoms with Crippen molar-refractivity contribution in [3.63, 3.8) is 0 Å². The molecule has 0 spiro atoms. The monoisotopic (exact) mass is 160 g/mol. The zero-order chi connectivity index (χ0) is 0. The van der Waals surface area contributed by atoms with Gasteiger partial charge in [-0.3, -0.25) is 0 Å². The van der Waals surface area contributed by atoms with Crippen LogP contribution < -0.4 is 0 Å². The van der Waals surface area contributed by atoms with Gasteiger partial charge in [0, 0.05) is 45.5 Å². The second-order valence-electron chi connectivity index (χ2n) is 0. The summed E-state index contributed by atoms with van der Waals surface area (Å²) in [4.78, 5) is 0. The SMILES string of the molecule is O.O.O.O.[Sr]. The minimum absolute atomic E-state index is 0. The van der Waals surface area contributed by atoms with Crippen molar-refractivity contribution in [1.82, 2.24) is 0 Å². The standard InChI is InChI=1S/4H2O.Sr/h4*1H2;. The summed E-state index contributed by atoms with van der Waals surface area (Å²) in [6, 6.07) is 0. The fourth-order valence-corrected chi connectivity index (χ4v) is 0. The van der Waals surface area contributed by atoms with Gasteiger partial charge in [0.05, 0.1) is 0 Å². The van der Waals surface area contributed by atoms with Crippen molar-refractivity contribution >= 4 is 45.5 Å². The molecule has 0 aliphatic rings. The summed E-state index contributed by atoms with van der Waals surface area (Å²) >= 11 is 0. The smallest absolute Gasteiger partial charge is 0 e. The van der Waals surface area contributed by atoms with Crippen LogP contribution in [0.25, 0.3) is 0 Å². The Hall–Kier alpha value is 1.32. The van der Waals surface area contributed by atoms with E-state index in [1.807, 2.05) is 0 Å². The molecule has 0 aromatic heterocycles. The van der Waals surface area contributed by atoms with Gasteiger partial charge in [-0.05, 0) is 0 Å². The van der Waals surface area contributed by atoms with Crippen molar-refractivity contribution in [3.05, 3.63) is 0 Å². The molecule has 8 N–H and O–H groups in total. The van der Waals surface area contributed by atoms with Crippen LogP contribution in [0.5, 0.6) is 0 Å². The Bertz CT molecular complexity index is 3.61. The molecule has 5 heteroatoms. The summed E-state index contributed by atoms with van der Waals surface area (Å²) in [5.74, 6) is 0. The maximum atomic E-state index is 0. The van der Waals surface area contributed by atoms with Crippen LogP contribution in [0, 0.1) is 0 Å². The minimum atomic E-state index is 0. The van der Waals surface area contributed by atoms with Crippen LogP contribution >= 0.6 is 0 Å². The summed E-state index contributed by atoms with van der Waals surface area (Å²) in [5.41, 5.74) is 0. The Morgan fingerprint density at radius 3 is 0.400 bits per heavy atom. The van der Waals surface area contributed by atoms with Gasteiger partial charge >= 0.3 is 0 Å². The maximum absolute atomic E-state index is 0. The number of hydrogen-bond donors (Lipinski definition) is 0. The first-order valence-electron chi connectivity index (χ1n) is 0. The van der Waals surface area contributed by atoms with Crippen LogP contribution in [-0.4, -0.2) is 67.4 Å². The zero-order valence-corrected chi connectivity index (χ0v) is 6.18. The third-order valence-electron chi connectivity index (χ3n) is 0. The van der Waals surface area contributed by atoms with E-state index in [2.05, 4.69) is 0 Å². The Morgan fingerprint density at radius 1 is 0.400 bits per heavy atom. The molecule has 0 aliphatic heterocycles. The molecule has 0 aliphatic carbocycles. The predicted molar refractivity (Wildman–Crippen MR) is 20.2 cm³/mol. The van der Waals surface area contributed by atoms with Crippen molar-refractivity contribution in [2.75, 3.05) is 0 Å². The molecule has 0 fully saturated rings. The van der Waals surface area contributed by atoms with Gasteiger partial charge in [-0.15, -0.1) is 0 Å². The molecule has 5 heavy (non-hydrogen) atoms. The zero-order valence-electron chi connectivity index (χ0n) is 2.71. The molecule has 34 valence electrons. The van der Waals surface area contributed by atoms with E-state index in [0.717, 1.165) is 0 Å². The quantitative estimate of drug-likeness (QED) is 0.323. The molecule has 0 aromatic carbocycles. The average Bonchev–Trinajstić information content (AvgIpc) is 0. The minimum Gasteiger partial charge on any atom is -0.412 e. The van der Waals surface area contributed by atoms with Crippen molar-refractivity contribution in [2.24, 2.45) is 0 Å². The first-order chi connectivity index (χ1) is 0. The summed E-state index contributed by atoms with van der Waals surface area (Å²) in [5, 5.41) is 0. The molecule has 0 atom stereocenters. The van der Waals surface area contributed by atoms with E-state index >= 15 is 0 Å². The van der Waals surface area contributed by atoms with Crippen molar-refractivity contribution in [3.8, 4) is 0 Å². The molecule has 0 bridgehead atoms. The van der Waals surface area contributed by atoms with Crippen molar-refractivity contribution in [2.45, 2.75) is 0 Å². The molecule has 2 radical (unpaired) electrons. The van der Waals surface area contributed by atoms with E-state index in [1.165, 1.54) is 0 Å². The summed E-state index contributed by atoms with van der Waals surface area (Å²) < 4.78 is 0. The van der Waals surface area contributed by atoms with Gasteiger partial charge in [0.15, 0.2) is 0 Å². The topological polar surface area (TPSA) is 126 Å². The second-order valence-corrected chi connectivity index (χ2v) is 0. The van der Waals surface area contributed by atoms with Gasteiger partial charge in [0.25, 0.3) is 0 Å². The number of rotatable bonds is 0. The fraction of sp³-hybridized carbons (Fsp3) is 0. The Morgan fingerprint density at radius 2 is 0.400 bits per heavy atom.